The first-order valence-corrected chi connectivity index (χ1v) is 13.4. The predicted molar refractivity (Wildman–Crippen MR) is 104 cm³/mol. The molecule has 108 valence electrons. The van der Waals surface area contributed by atoms with E-state index >= 15 is 0 Å². The highest BCUT2D eigenvalue weighted by molar-refractivity contribution is 8.08. The van der Waals surface area contributed by atoms with Crippen LogP contribution in [0.4, 0.5) is 0 Å². The van der Waals surface area contributed by atoms with Crippen LogP contribution in [0, 0.1) is 0 Å². The van der Waals surface area contributed by atoms with E-state index in [9.17, 15) is 0 Å². The van der Waals surface area contributed by atoms with Gasteiger partial charge in [0.1, 0.15) is 0 Å². The second-order valence-electron chi connectivity index (χ2n) is 4.05. The first-order valence-electron chi connectivity index (χ1n) is 6.23. The van der Waals surface area contributed by atoms with E-state index in [1.807, 2.05) is 23.5 Å². The summed E-state index contributed by atoms with van der Waals surface area (Å²) in [5.74, 6) is 10.7. The summed E-state index contributed by atoms with van der Waals surface area (Å²) < 4.78 is 0. The normalized spacial score (nSPS) is 28.3. The molecule has 0 N–H and O–H groups in total. The van der Waals surface area contributed by atoms with E-state index in [4.69, 9.17) is 0 Å². The van der Waals surface area contributed by atoms with Crippen molar-refractivity contribution >= 4 is 70.6 Å². The van der Waals surface area contributed by atoms with Crippen molar-refractivity contribution in [1.82, 2.24) is 0 Å². The SMILES string of the molecule is CSC[C@@H]1CSCCS[C@@H](CSC)CSCCS1. The molecule has 1 aliphatic heterocycles. The van der Waals surface area contributed by atoms with E-state index in [0.717, 1.165) is 10.5 Å². The monoisotopic (exact) mass is 360 g/mol. The fourth-order valence-corrected chi connectivity index (χ4v) is 9.32. The van der Waals surface area contributed by atoms with Gasteiger partial charge in [-0.25, -0.2) is 0 Å². The van der Waals surface area contributed by atoms with Gasteiger partial charge < -0.3 is 0 Å². The molecule has 1 fully saturated rings. The van der Waals surface area contributed by atoms with Gasteiger partial charge in [-0.2, -0.15) is 70.6 Å². The highest BCUT2D eigenvalue weighted by atomic mass is 32.2. The van der Waals surface area contributed by atoms with Crippen LogP contribution >= 0.6 is 70.6 Å². The van der Waals surface area contributed by atoms with Crippen molar-refractivity contribution in [2.24, 2.45) is 0 Å². The third-order valence-electron chi connectivity index (χ3n) is 2.48. The minimum atomic E-state index is 0.872. The van der Waals surface area contributed by atoms with Gasteiger partial charge in [0, 0.05) is 56.5 Å². The summed E-state index contributed by atoms with van der Waals surface area (Å²) in [4.78, 5) is 0. The van der Waals surface area contributed by atoms with Crippen LogP contribution in [0.1, 0.15) is 0 Å². The molecule has 6 heteroatoms. The van der Waals surface area contributed by atoms with Gasteiger partial charge in [-0.05, 0) is 12.5 Å². The van der Waals surface area contributed by atoms with Crippen molar-refractivity contribution in [3.63, 3.8) is 0 Å². The lowest BCUT2D eigenvalue weighted by Crippen LogP contribution is -2.15. The highest BCUT2D eigenvalue weighted by Gasteiger charge is 2.13. The average molecular weight is 361 g/mol. The third-order valence-corrected chi connectivity index (χ3v) is 10.1. The van der Waals surface area contributed by atoms with Gasteiger partial charge in [-0.1, -0.05) is 0 Å². The minimum absolute atomic E-state index is 0.872. The molecule has 0 nitrogen and oxygen atoms in total. The Kier molecular flexibility index (Phi) is 12.9. The minimum Gasteiger partial charge on any atom is -0.164 e. The molecular formula is C12H24S6. The van der Waals surface area contributed by atoms with Gasteiger partial charge in [-0.15, -0.1) is 0 Å². The van der Waals surface area contributed by atoms with E-state index in [1.165, 1.54) is 46.0 Å². The first-order chi connectivity index (χ1) is 8.86. The second kappa shape index (κ2) is 12.8. The molecule has 1 aliphatic rings. The maximum Gasteiger partial charge on any atom is 0.0228 e. The molecular weight excluding hydrogens is 337 g/mol. The van der Waals surface area contributed by atoms with Crippen molar-refractivity contribution in [2.75, 3.05) is 58.5 Å². The molecule has 0 spiro atoms. The van der Waals surface area contributed by atoms with Crippen LogP contribution in [0.15, 0.2) is 0 Å². The molecule has 0 aromatic heterocycles. The van der Waals surface area contributed by atoms with Crippen LogP contribution in [0.3, 0.4) is 0 Å². The zero-order valence-electron chi connectivity index (χ0n) is 11.3. The lowest BCUT2D eigenvalue weighted by atomic mass is 10.5. The largest absolute Gasteiger partial charge is 0.164 e. The van der Waals surface area contributed by atoms with Gasteiger partial charge in [0.25, 0.3) is 0 Å². The first kappa shape index (κ1) is 18.1. The molecule has 0 bridgehead atoms. The van der Waals surface area contributed by atoms with Crippen molar-refractivity contribution < 1.29 is 0 Å². The van der Waals surface area contributed by atoms with E-state index in [1.54, 1.807) is 0 Å². The quantitative estimate of drug-likeness (QED) is 0.723. The topological polar surface area (TPSA) is 0 Å². The summed E-state index contributed by atoms with van der Waals surface area (Å²) in [7, 11) is 0. The Hall–Kier alpha value is 2.10. The Morgan fingerprint density at radius 2 is 1.22 bits per heavy atom. The Morgan fingerprint density at radius 1 is 0.778 bits per heavy atom. The van der Waals surface area contributed by atoms with Crippen LogP contribution in [0.2, 0.25) is 0 Å². The Bertz CT molecular complexity index is 157. The molecule has 1 saturated heterocycles. The standard InChI is InChI=1S/C12H24S6/c1-13-7-11-9-15-4-6-18-12(8-14-2)10-16-3-5-17-11/h11-12H,3-10H2,1-2H3/t11-,12+. The lowest BCUT2D eigenvalue weighted by Gasteiger charge is -2.19. The molecule has 18 heavy (non-hydrogen) atoms. The number of thioether (sulfide) groups is 6. The van der Waals surface area contributed by atoms with E-state index < -0.39 is 0 Å². The van der Waals surface area contributed by atoms with E-state index in [2.05, 4.69) is 59.6 Å². The zero-order chi connectivity index (χ0) is 13.1. The van der Waals surface area contributed by atoms with Crippen molar-refractivity contribution in [3.8, 4) is 0 Å². The van der Waals surface area contributed by atoms with E-state index in [0.29, 0.717) is 0 Å². The number of hydrogen-bond donors (Lipinski definition) is 0. The smallest absolute Gasteiger partial charge is 0.0228 e. The molecule has 1 heterocycles. The Balaban J connectivity index is 2.28. The van der Waals surface area contributed by atoms with Crippen LogP contribution in [0.25, 0.3) is 0 Å². The molecule has 0 aromatic carbocycles. The van der Waals surface area contributed by atoms with Gasteiger partial charge in [0.05, 0.1) is 0 Å². The van der Waals surface area contributed by atoms with Crippen molar-refractivity contribution in [2.45, 2.75) is 10.5 Å². The summed E-state index contributed by atoms with van der Waals surface area (Å²) in [6.07, 6.45) is 4.47. The second-order valence-corrected chi connectivity index (χ2v) is 11.0. The summed E-state index contributed by atoms with van der Waals surface area (Å²) >= 11 is 12.7. The van der Waals surface area contributed by atoms with Crippen molar-refractivity contribution in [3.05, 3.63) is 0 Å². The summed E-state index contributed by atoms with van der Waals surface area (Å²) in [6, 6.07) is 0. The molecule has 0 unspecified atom stereocenters. The number of hydrogen-bond acceptors (Lipinski definition) is 6. The highest BCUT2D eigenvalue weighted by Crippen LogP contribution is 2.26. The van der Waals surface area contributed by atoms with Crippen LogP contribution in [0.5, 0.6) is 0 Å². The van der Waals surface area contributed by atoms with Crippen LogP contribution < -0.4 is 0 Å². The lowest BCUT2D eigenvalue weighted by molar-refractivity contribution is 1.13. The number of rotatable bonds is 4. The molecule has 2 atom stereocenters. The summed E-state index contributed by atoms with van der Waals surface area (Å²) in [5.41, 5.74) is 0. The van der Waals surface area contributed by atoms with Gasteiger partial charge in [0.2, 0.25) is 0 Å². The zero-order valence-corrected chi connectivity index (χ0v) is 16.2. The van der Waals surface area contributed by atoms with Crippen LogP contribution in [-0.4, -0.2) is 69.0 Å². The molecule has 0 radical (unpaired) electrons. The Labute approximate surface area is 138 Å². The maximum absolute atomic E-state index is 2.24. The molecule has 1 rings (SSSR count). The van der Waals surface area contributed by atoms with Crippen molar-refractivity contribution in [1.29, 1.82) is 0 Å². The fourth-order valence-electron chi connectivity index (χ4n) is 1.64. The molecule has 0 saturated carbocycles. The average Bonchev–Trinajstić information content (AvgIpc) is 2.35. The summed E-state index contributed by atoms with van der Waals surface area (Å²) in [6.45, 7) is 0. The van der Waals surface area contributed by atoms with Crippen LogP contribution in [-0.2, 0) is 0 Å². The third kappa shape index (κ3) is 9.11. The fraction of sp³-hybridized carbons (Fsp3) is 1.00. The van der Waals surface area contributed by atoms with Gasteiger partial charge in [-0.3, -0.25) is 0 Å². The summed E-state index contributed by atoms with van der Waals surface area (Å²) in [5, 5.41) is 1.74. The maximum atomic E-state index is 2.24. The van der Waals surface area contributed by atoms with Gasteiger partial charge in [0.15, 0.2) is 0 Å². The Morgan fingerprint density at radius 3 is 1.61 bits per heavy atom. The van der Waals surface area contributed by atoms with E-state index in [-0.39, 0.29) is 0 Å². The predicted octanol–water partition coefficient (Wildman–Crippen LogP) is 4.40. The molecule has 0 aromatic rings. The molecule has 0 amide bonds. The van der Waals surface area contributed by atoms with Gasteiger partial charge >= 0.3 is 0 Å². The molecule has 0 aliphatic carbocycles.